The smallest absolute Gasteiger partial charge is 0.422 e. The number of carbonyl (C=O) groups excluding carboxylic acids is 1. The first-order valence-corrected chi connectivity index (χ1v) is 8.28. The number of halogens is 4. The first kappa shape index (κ1) is 19.7. The Kier molecular flexibility index (Phi) is 5.76. The van der Waals surface area contributed by atoms with E-state index in [1.807, 2.05) is 0 Å². The van der Waals surface area contributed by atoms with Crippen LogP contribution in [-0.4, -0.2) is 31.0 Å². The van der Waals surface area contributed by atoms with Gasteiger partial charge in [0.15, 0.2) is 6.61 Å². The molecule has 2 unspecified atom stereocenters. The van der Waals surface area contributed by atoms with E-state index in [0.29, 0.717) is 17.1 Å². The van der Waals surface area contributed by atoms with Gasteiger partial charge in [-0.05, 0) is 62.8 Å². The molecule has 8 heteroatoms. The standard InChI is InChI=1S/C17H21ClF3NO3/c1-16(2,3)25-15(23)22-8-10-6-12(10)13-7-11(18)4-5-14(13)24-9-17(19,20)21/h4-5,7,10,12H,6,8-9H2,1-3H3,(H,22,23). The van der Waals surface area contributed by atoms with E-state index in [1.54, 1.807) is 26.8 Å². The van der Waals surface area contributed by atoms with Gasteiger partial charge in [0.2, 0.25) is 0 Å². The summed E-state index contributed by atoms with van der Waals surface area (Å²) in [7, 11) is 0. The molecule has 1 saturated carbocycles. The first-order valence-electron chi connectivity index (χ1n) is 7.90. The highest BCUT2D eigenvalue weighted by Gasteiger charge is 2.41. The van der Waals surface area contributed by atoms with Gasteiger partial charge >= 0.3 is 12.3 Å². The van der Waals surface area contributed by atoms with Crippen LogP contribution in [0, 0.1) is 5.92 Å². The van der Waals surface area contributed by atoms with Gasteiger partial charge in [0.1, 0.15) is 11.4 Å². The van der Waals surface area contributed by atoms with E-state index in [0.717, 1.165) is 6.42 Å². The molecular formula is C17H21ClF3NO3. The molecule has 0 aromatic heterocycles. The van der Waals surface area contributed by atoms with Crippen molar-refractivity contribution in [2.24, 2.45) is 5.92 Å². The van der Waals surface area contributed by atoms with Gasteiger partial charge in [0, 0.05) is 11.6 Å². The van der Waals surface area contributed by atoms with Crippen LogP contribution in [0.1, 0.15) is 38.7 Å². The Morgan fingerprint density at radius 1 is 1.32 bits per heavy atom. The third kappa shape index (κ3) is 6.65. The van der Waals surface area contributed by atoms with Gasteiger partial charge in [-0.25, -0.2) is 4.79 Å². The van der Waals surface area contributed by atoms with Crippen molar-refractivity contribution >= 4 is 17.7 Å². The maximum atomic E-state index is 12.4. The molecule has 0 heterocycles. The van der Waals surface area contributed by atoms with E-state index in [9.17, 15) is 18.0 Å². The van der Waals surface area contributed by atoms with E-state index in [4.69, 9.17) is 21.1 Å². The molecule has 0 spiro atoms. The molecular weight excluding hydrogens is 359 g/mol. The molecule has 1 aromatic carbocycles. The molecule has 2 atom stereocenters. The van der Waals surface area contributed by atoms with E-state index < -0.39 is 24.5 Å². The normalized spacial score (nSPS) is 20.1. The predicted molar refractivity (Wildman–Crippen MR) is 88.1 cm³/mol. The van der Waals surface area contributed by atoms with Crippen LogP contribution in [0.3, 0.4) is 0 Å². The molecule has 25 heavy (non-hydrogen) atoms. The lowest BCUT2D eigenvalue weighted by molar-refractivity contribution is -0.153. The number of nitrogens with one attached hydrogen (secondary N) is 1. The van der Waals surface area contributed by atoms with E-state index in [2.05, 4.69) is 5.32 Å². The highest BCUT2D eigenvalue weighted by atomic mass is 35.5. The first-order chi connectivity index (χ1) is 11.4. The molecule has 1 amide bonds. The quantitative estimate of drug-likeness (QED) is 0.790. The number of amides is 1. The van der Waals surface area contributed by atoms with Crippen molar-refractivity contribution in [2.75, 3.05) is 13.2 Å². The molecule has 2 rings (SSSR count). The zero-order valence-corrected chi connectivity index (χ0v) is 15.0. The molecule has 1 aromatic rings. The van der Waals surface area contributed by atoms with Gasteiger partial charge in [-0.3, -0.25) is 0 Å². The Hall–Kier alpha value is -1.63. The van der Waals surface area contributed by atoms with E-state index >= 15 is 0 Å². The van der Waals surface area contributed by atoms with Crippen molar-refractivity contribution in [3.05, 3.63) is 28.8 Å². The molecule has 1 fully saturated rings. The summed E-state index contributed by atoms with van der Waals surface area (Å²) < 4.78 is 47.2. The van der Waals surface area contributed by atoms with Gasteiger partial charge < -0.3 is 14.8 Å². The maximum Gasteiger partial charge on any atom is 0.422 e. The zero-order valence-electron chi connectivity index (χ0n) is 14.2. The maximum absolute atomic E-state index is 12.4. The summed E-state index contributed by atoms with van der Waals surface area (Å²) in [5.74, 6) is 0.280. The second-order valence-corrected chi connectivity index (χ2v) is 7.51. The Labute approximate surface area is 149 Å². The van der Waals surface area contributed by atoms with Crippen molar-refractivity contribution in [3.8, 4) is 5.75 Å². The molecule has 1 N–H and O–H groups in total. The zero-order chi connectivity index (χ0) is 18.8. The summed E-state index contributed by atoms with van der Waals surface area (Å²) >= 11 is 5.96. The molecule has 1 aliphatic rings. The average molecular weight is 380 g/mol. The Bertz CT molecular complexity index is 629. The molecule has 0 bridgehead atoms. The average Bonchev–Trinajstić information content (AvgIpc) is 3.20. The minimum absolute atomic E-state index is 0.00290. The van der Waals surface area contributed by atoms with Gasteiger partial charge in [0.25, 0.3) is 0 Å². The summed E-state index contributed by atoms with van der Waals surface area (Å²) in [5.41, 5.74) is 0.0474. The van der Waals surface area contributed by atoms with Crippen LogP contribution in [0.4, 0.5) is 18.0 Å². The monoisotopic (exact) mass is 379 g/mol. The SMILES string of the molecule is CC(C)(C)OC(=O)NCC1CC1c1cc(Cl)ccc1OCC(F)(F)F. The molecule has 1 aliphatic carbocycles. The number of alkyl carbamates (subject to hydrolysis) is 1. The Morgan fingerprint density at radius 3 is 2.60 bits per heavy atom. The number of alkyl halides is 3. The number of carbonyl (C=O) groups is 1. The van der Waals surface area contributed by atoms with Crippen molar-refractivity contribution in [1.82, 2.24) is 5.32 Å². The molecule has 4 nitrogen and oxygen atoms in total. The molecule has 0 radical (unpaired) electrons. The van der Waals surface area contributed by atoms with Crippen LogP contribution >= 0.6 is 11.6 Å². The largest absolute Gasteiger partial charge is 0.484 e. The summed E-state index contributed by atoms with van der Waals surface area (Å²) in [6.45, 7) is 4.33. The Morgan fingerprint density at radius 2 is 2.00 bits per heavy atom. The predicted octanol–water partition coefficient (Wildman–Crippen LogP) is 4.91. The topological polar surface area (TPSA) is 47.6 Å². The summed E-state index contributed by atoms with van der Waals surface area (Å²) in [6, 6.07) is 4.55. The third-order valence-electron chi connectivity index (χ3n) is 3.59. The van der Waals surface area contributed by atoms with Crippen molar-refractivity contribution < 1.29 is 27.4 Å². The number of ether oxygens (including phenoxy) is 2. The van der Waals surface area contributed by atoms with Crippen molar-refractivity contribution in [3.63, 3.8) is 0 Å². The number of hydrogen-bond donors (Lipinski definition) is 1. The lowest BCUT2D eigenvalue weighted by atomic mass is 10.1. The van der Waals surface area contributed by atoms with Gasteiger partial charge in [-0.15, -0.1) is 0 Å². The summed E-state index contributed by atoms with van der Waals surface area (Å²) in [4.78, 5) is 11.7. The summed E-state index contributed by atoms with van der Waals surface area (Å²) in [6.07, 6.45) is -4.19. The Balaban J connectivity index is 1.94. The van der Waals surface area contributed by atoms with Gasteiger partial charge in [0.05, 0.1) is 0 Å². The minimum atomic E-state index is -4.40. The number of hydrogen-bond acceptors (Lipinski definition) is 3. The fraction of sp³-hybridized carbons (Fsp3) is 0.588. The number of rotatable bonds is 5. The second kappa shape index (κ2) is 7.32. The summed E-state index contributed by atoms with van der Waals surface area (Å²) in [5, 5.41) is 3.11. The van der Waals surface area contributed by atoms with Gasteiger partial charge in [-0.2, -0.15) is 13.2 Å². The fourth-order valence-corrected chi connectivity index (χ4v) is 2.66. The van der Waals surface area contributed by atoms with Crippen LogP contribution in [0.5, 0.6) is 5.75 Å². The van der Waals surface area contributed by atoms with Crippen LogP contribution in [0.25, 0.3) is 0 Å². The lowest BCUT2D eigenvalue weighted by Gasteiger charge is -2.19. The van der Waals surface area contributed by atoms with Crippen molar-refractivity contribution in [1.29, 1.82) is 0 Å². The van der Waals surface area contributed by atoms with Crippen LogP contribution < -0.4 is 10.1 Å². The minimum Gasteiger partial charge on any atom is -0.484 e. The van der Waals surface area contributed by atoms with Gasteiger partial charge in [-0.1, -0.05) is 11.6 Å². The highest BCUT2D eigenvalue weighted by Crippen LogP contribution is 2.50. The van der Waals surface area contributed by atoms with Crippen molar-refractivity contribution in [2.45, 2.75) is 44.9 Å². The molecule has 0 aliphatic heterocycles. The second-order valence-electron chi connectivity index (χ2n) is 7.07. The molecule has 140 valence electrons. The van der Waals surface area contributed by atoms with E-state index in [-0.39, 0.29) is 17.6 Å². The number of benzene rings is 1. The van der Waals surface area contributed by atoms with Crippen LogP contribution in [-0.2, 0) is 4.74 Å². The highest BCUT2D eigenvalue weighted by molar-refractivity contribution is 6.30. The third-order valence-corrected chi connectivity index (χ3v) is 3.83. The fourth-order valence-electron chi connectivity index (χ4n) is 2.48. The van der Waals surface area contributed by atoms with Crippen LogP contribution in [0.2, 0.25) is 5.02 Å². The molecule has 0 saturated heterocycles. The van der Waals surface area contributed by atoms with Crippen LogP contribution in [0.15, 0.2) is 18.2 Å². The van der Waals surface area contributed by atoms with E-state index in [1.165, 1.54) is 12.1 Å². The lowest BCUT2D eigenvalue weighted by Crippen LogP contribution is -2.33.